The molecule has 0 aliphatic carbocycles. The summed E-state index contributed by atoms with van der Waals surface area (Å²) in [6.07, 6.45) is 0.0654. The van der Waals surface area contributed by atoms with E-state index >= 15 is 0 Å². The normalized spacial score (nSPS) is 15.6. The van der Waals surface area contributed by atoms with Gasteiger partial charge in [0.2, 0.25) is 15.9 Å². The number of benzene rings is 1. The van der Waals surface area contributed by atoms with E-state index in [1.165, 1.54) is 17.5 Å². The summed E-state index contributed by atoms with van der Waals surface area (Å²) in [5.74, 6) is 0.0324. The van der Waals surface area contributed by atoms with E-state index in [0.717, 1.165) is 0 Å². The Labute approximate surface area is 156 Å². The number of carbonyl (C=O) groups is 1. The lowest BCUT2D eigenvalue weighted by atomic mass is 10.1. The minimum absolute atomic E-state index is 0.0621. The van der Waals surface area contributed by atoms with E-state index in [4.69, 9.17) is 9.47 Å². The number of methoxy groups -OCH3 is 1. The zero-order chi connectivity index (χ0) is 18.4. The van der Waals surface area contributed by atoms with Gasteiger partial charge < -0.3 is 14.8 Å². The maximum Gasteiger partial charge on any atom is 0.246 e. The topological polar surface area (TPSA) is 84.9 Å². The van der Waals surface area contributed by atoms with Crippen molar-refractivity contribution in [2.75, 3.05) is 40.0 Å². The lowest BCUT2D eigenvalue weighted by Crippen LogP contribution is -2.40. The lowest BCUT2D eigenvalue weighted by Gasteiger charge is -2.26. The Morgan fingerprint density at radius 1 is 1.40 bits per heavy atom. The van der Waals surface area contributed by atoms with Crippen molar-refractivity contribution in [2.45, 2.75) is 11.3 Å². The molecule has 25 heavy (non-hydrogen) atoms. The Morgan fingerprint density at radius 3 is 2.68 bits per heavy atom. The fourth-order valence-electron chi connectivity index (χ4n) is 2.40. The monoisotopic (exact) mass is 432 g/mol. The van der Waals surface area contributed by atoms with Gasteiger partial charge in [0.1, 0.15) is 10.6 Å². The molecule has 0 atom stereocenters. The molecule has 0 radical (unpaired) electrons. The molecule has 1 amide bonds. The average Bonchev–Trinajstić information content (AvgIpc) is 2.60. The van der Waals surface area contributed by atoms with Crippen LogP contribution in [-0.4, -0.2) is 58.6 Å². The van der Waals surface area contributed by atoms with Crippen LogP contribution in [0.3, 0.4) is 0 Å². The SMILES string of the molecule is C=C(Br)CNC(=O)Cc1ccc(OC)c(S(=O)(=O)N2CCOCC2)c1. The van der Waals surface area contributed by atoms with Crippen molar-refractivity contribution < 1.29 is 22.7 Å². The van der Waals surface area contributed by atoms with Crippen LogP contribution >= 0.6 is 15.9 Å². The molecule has 1 fully saturated rings. The average molecular weight is 433 g/mol. The van der Waals surface area contributed by atoms with Gasteiger partial charge in [0.25, 0.3) is 0 Å². The van der Waals surface area contributed by atoms with Gasteiger partial charge in [-0.15, -0.1) is 0 Å². The van der Waals surface area contributed by atoms with Crippen molar-refractivity contribution >= 4 is 31.9 Å². The summed E-state index contributed by atoms with van der Waals surface area (Å²) in [5, 5.41) is 2.69. The first kappa shape index (κ1) is 19.9. The molecule has 1 aliphatic heterocycles. The van der Waals surface area contributed by atoms with Crippen LogP contribution in [0.1, 0.15) is 5.56 Å². The fourth-order valence-corrected chi connectivity index (χ4v) is 4.16. The smallest absolute Gasteiger partial charge is 0.246 e. The summed E-state index contributed by atoms with van der Waals surface area (Å²) in [7, 11) is -2.30. The van der Waals surface area contributed by atoms with Crippen molar-refractivity contribution in [3.8, 4) is 5.75 Å². The van der Waals surface area contributed by atoms with Crippen LogP contribution in [-0.2, 0) is 26.0 Å². The first-order valence-corrected chi connectivity index (χ1v) is 9.92. The molecule has 0 aromatic heterocycles. The second kappa shape index (κ2) is 8.79. The molecule has 0 unspecified atom stereocenters. The lowest BCUT2D eigenvalue weighted by molar-refractivity contribution is -0.120. The largest absolute Gasteiger partial charge is 0.495 e. The number of rotatable bonds is 7. The zero-order valence-corrected chi connectivity index (χ0v) is 16.4. The standard InChI is InChI=1S/C16H21BrN2O5S/c1-12(17)11-18-16(20)10-13-3-4-14(23-2)15(9-13)25(21,22)19-5-7-24-8-6-19/h3-4,9H,1,5-8,10-11H2,2H3,(H,18,20). The summed E-state index contributed by atoms with van der Waals surface area (Å²) in [4.78, 5) is 12.0. The van der Waals surface area contributed by atoms with Crippen LogP contribution in [0, 0.1) is 0 Å². The molecule has 0 saturated carbocycles. The van der Waals surface area contributed by atoms with Gasteiger partial charge in [0.15, 0.2) is 0 Å². The van der Waals surface area contributed by atoms with Crippen molar-refractivity contribution in [2.24, 2.45) is 0 Å². The summed E-state index contributed by atoms with van der Waals surface area (Å²) < 4.78 is 38.2. The van der Waals surface area contributed by atoms with E-state index in [9.17, 15) is 13.2 Å². The third kappa shape index (κ3) is 5.27. The van der Waals surface area contributed by atoms with Crippen LogP contribution in [0.25, 0.3) is 0 Å². The zero-order valence-electron chi connectivity index (χ0n) is 14.0. The van der Waals surface area contributed by atoms with Crippen molar-refractivity contribution in [3.63, 3.8) is 0 Å². The predicted molar refractivity (Wildman–Crippen MR) is 97.4 cm³/mol. The number of morpholine rings is 1. The van der Waals surface area contributed by atoms with Crippen molar-refractivity contribution in [1.29, 1.82) is 0 Å². The first-order valence-electron chi connectivity index (χ1n) is 7.69. The van der Waals surface area contributed by atoms with E-state index in [1.807, 2.05) is 0 Å². The molecule has 2 rings (SSSR count). The molecule has 1 aromatic rings. The summed E-state index contributed by atoms with van der Waals surface area (Å²) in [6.45, 7) is 5.27. The number of hydrogen-bond donors (Lipinski definition) is 1. The molecule has 1 N–H and O–H groups in total. The molecule has 1 heterocycles. The third-order valence-corrected chi connectivity index (χ3v) is 5.86. The molecular weight excluding hydrogens is 412 g/mol. The Bertz CT molecular complexity index is 745. The number of hydrogen-bond acceptors (Lipinski definition) is 5. The predicted octanol–water partition coefficient (Wildman–Crippen LogP) is 1.28. The minimum Gasteiger partial charge on any atom is -0.495 e. The highest BCUT2D eigenvalue weighted by atomic mass is 79.9. The van der Waals surface area contributed by atoms with E-state index in [0.29, 0.717) is 42.9 Å². The number of amides is 1. The Hall–Kier alpha value is -1.42. The number of ether oxygens (including phenoxy) is 2. The van der Waals surface area contributed by atoms with Gasteiger partial charge in [-0.05, 0) is 17.7 Å². The Morgan fingerprint density at radius 2 is 2.08 bits per heavy atom. The number of nitrogens with zero attached hydrogens (tertiary/aromatic N) is 1. The van der Waals surface area contributed by atoms with E-state index in [2.05, 4.69) is 27.8 Å². The molecule has 1 saturated heterocycles. The van der Waals surface area contributed by atoms with Crippen LogP contribution < -0.4 is 10.1 Å². The second-order valence-corrected chi connectivity index (χ2v) is 8.50. The number of carbonyl (C=O) groups excluding carboxylic acids is 1. The van der Waals surface area contributed by atoms with E-state index in [1.54, 1.807) is 12.1 Å². The molecular formula is C16H21BrN2O5S. The Kier molecular flexibility index (Phi) is 7.00. The molecule has 1 aliphatic rings. The van der Waals surface area contributed by atoms with Gasteiger partial charge in [-0.2, -0.15) is 4.31 Å². The maximum atomic E-state index is 12.9. The highest BCUT2D eigenvalue weighted by Gasteiger charge is 2.29. The fraction of sp³-hybridized carbons (Fsp3) is 0.438. The summed E-state index contributed by atoms with van der Waals surface area (Å²) in [6, 6.07) is 4.74. The van der Waals surface area contributed by atoms with Gasteiger partial charge in [-0.3, -0.25) is 4.79 Å². The quantitative estimate of drug-likeness (QED) is 0.701. The van der Waals surface area contributed by atoms with Gasteiger partial charge in [0.05, 0.1) is 26.7 Å². The molecule has 1 aromatic carbocycles. The number of halogens is 1. The summed E-state index contributed by atoms with van der Waals surface area (Å²) >= 11 is 3.17. The van der Waals surface area contributed by atoms with E-state index in [-0.39, 0.29) is 23.0 Å². The van der Waals surface area contributed by atoms with E-state index < -0.39 is 10.0 Å². The highest BCUT2D eigenvalue weighted by Crippen LogP contribution is 2.28. The number of sulfonamides is 1. The molecule has 0 bridgehead atoms. The van der Waals surface area contributed by atoms with Crippen LogP contribution in [0.2, 0.25) is 0 Å². The van der Waals surface area contributed by atoms with Crippen molar-refractivity contribution in [1.82, 2.24) is 9.62 Å². The van der Waals surface area contributed by atoms with Crippen LogP contribution in [0.5, 0.6) is 5.75 Å². The van der Waals surface area contributed by atoms with Gasteiger partial charge in [-0.1, -0.05) is 28.6 Å². The molecule has 0 spiro atoms. The second-order valence-electron chi connectivity index (χ2n) is 5.47. The minimum atomic E-state index is -3.71. The molecule has 7 nitrogen and oxygen atoms in total. The first-order chi connectivity index (χ1) is 11.8. The summed E-state index contributed by atoms with van der Waals surface area (Å²) in [5.41, 5.74) is 0.588. The third-order valence-electron chi connectivity index (χ3n) is 3.66. The van der Waals surface area contributed by atoms with Gasteiger partial charge >= 0.3 is 0 Å². The van der Waals surface area contributed by atoms with Gasteiger partial charge in [-0.25, -0.2) is 8.42 Å². The highest BCUT2D eigenvalue weighted by molar-refractivity contribution is 9.11. The Balaban J connectivity index is 2.24. The molecule has 9 heteroatoms. The van der Waals surface area contributed by atoms with Crippen molar-refractivity contribution in [3.05, 3.63) is 34.8 Å². The van der Waals surface area contributed by atoms with Gasteiger partial charge in [0, 0.05) is 24.1 Å². The maximum absolute atomic E-state index is 12.9. The van der Waals surface area contributed by atoms with Crippen LogP contribution in [0.4, 0.5) is 0 Å². The number of nitrogens with one attached hydrogen (secondary N) is 1. The molecule has 138 valence electrons. The van der Waals surface area contributed by atoms with Crippen LogP contribution in [0.15, 0.2) is 34.2 Å².